The van der Waals surface area contributed by atoms with E-state index in [-0.39, 0.29) is 0 Å². The summed E-state index contributed by atoms with van der Waals surface area (Å²) in [6.45, 7) is 5.66. The van der Waals surface area contributed by atoms with Crippen LogP contribution in [-0.2, 0) is 10.8 Å². The first-order valence-corrected chi connectivity index (χ1v) is 8.95. The summed E-state index contributed by atoms with van der Waals surface area (Å²) in [5.41, 5.74) is 1.99. The normalized spacial score (nSPS) is 14.5. The van der Waals surface area contributed by atoms with Gasteiger partial charge in [-0.1, -0.05) is 48.5 Å². The molecule has 3 aromatic rings. The van der Waals surface area contributed by atoms with Crippen LogP contribution in [-0.4, -0.2) is 24.3 Å². The minimum Gasteiger partial charge on any atom is -0.384 e. The van der Waals surface area contributed by atoms with Crippen LogP contribution in [0.5, 0.6) is 0 Å². The third kappa shape index (κ3) is 3.09. The van der Waals surface area contributed by atoms with Crippen molar-refractivity contribution in [3.8, 4) is 0 Å². The smallest absolute Gasteiger partial charge is 0.157 e. The Balaban J connectivity index is 2.28. The van der Waals surface area contributed by atoms with Crippen LogP contribution in [0.25, 0.3) is 10.9 Å². The summed E-state index contributed by atoms with van der Waals surface area (Å²) in [6, 6.07) is 16.8. The Labute approximate surface area is 144 Å². The highest BCUT2D eigenvalue weighted by Gasteiger charge is 2.29. The maximum Gasteiger partial charge on any atom is 0.157 e. The molecule has 0 aliphatic heterocycles. The molecule has 5 heteroatoms. The van der Waals surface area contributed by atoms with Gasteiger partial charge in [0, 0.05) is 15.7 Å². The number of nitrogens with zero attached hydrogens (tertiary/aromatic N) is 2. The summed E-state index contributed by atoms with van der Waals surface area (Å²) >= 11 is 0. The maximum atomic E-state index is 13.0. The summed E-state index contributed by atoms with van der Waals surface area (Å²) in [5.74, 6) is 0. The van der Waals surface area contributed by atoms with Crippen LogP contribution in [0, 0.1) is 0 Å². The van der Waals surface area contributed by atoms with E-state index in [2.05, 4.69) is 10.2 Å². The molecule has 0 saturated heterocycles. The van der Waals surface area contributed by atoms with E-state index >= 15 is 0 Å². The quantitative estimate of drug-likeness (QED) is 0.791. The molecule has 24 heavy (non-hydrogen) atoms. The Morgan fingerprint density at radius 1 is 0.958 bits per heavy atom. The highest BCUT2D eigenvalue weighted by Crippen LogP contribution is 2.33. The third-order valence-electron chi connectivity index (χ3n) is 3.79. The zero-order chi connectivity index (χ0) is 17.3. The Hall–Kier alpha value is -2.11. The number of aliphatic hydroxyl groups is 1. The molecular formula is C19H20N2O2S. The molecule has 4 nitrogen and oxygen atoms in total. The number of hydrogen-bond acceptors (Lipinski definition) is 4. The molecule has 2 aromatic carbocycles. The molecule has 2 unspecified atom stereocenters. The van der Waals surface area contributed by atoms with E-state index in [1.54, 1.807) is 0 Å². The van der Waals surface area contributed by atoms with Crippen molar-refractivity contribution in [1.29, 1.82) is 0 Å². The minimum absolute atomic E-state index is 0.345. The highest BCUT2D eigenvalue weighted by molar-refractivity contribution is 7.86. The van der Waals surface area contributed by atoms with Crippen LogP contribution < -0.4 is 0 Å². The lowest BCUT2D eigenvalue weighted by atomic mass is 9.99. The monoisotopic (exact) mass is 340 g/mol. The molecule has 1 aromatic heterocycles. The van der Waals surface area contributed by atoms with Crippen LogP contribution >= 0.6 is 0 Å². The predicted octanol–water partition coefficient (Wildman–Crippen LogP) is 3.62. The maximum absolute atomic E-state index is 13.0. The Morgan fingerprint density at radius 3 is 2.25 bits per heavy atom. The van der Waals surface area contributed by atoms with Crippen LogP contribution in [0.15, 0.2) is 59.6 Å². The average Bonchev–Trinajstić information content (AvgIpc) is 2.59. The van der Waals surface area contributed by atoms with Crippen molar-refractivity contribution in [3.05, 3.63) is 65.7 Å². The van der Waals surface area contributed by atoms with Crippen molar-refractivity contribution in [2.75, 3.05) is 0 Å². The Bertz CT molecular complexity index is 889. The van der Waals surface area contributed by atoms with Gasteiger partial charge in [-0.25, -0.2) is 0 Å². The van der Waals surface area contributed by atoms with E-state index in [0.717, 1.165) is 10.9 Å². The number of aliphatic hydroxyl groups excluding tert-OH is 1. The number of fused-ring (bicyclic) bond motifs is 1. The largest absolute Gasteiger partial charge is 0.384 e. The SMILES string of the molecule is CC(C)(C)S(=O)c1nnc2ccccc2c1C(O)c1ccccc1. The number of hydrogen-bond donors (Lipinski definition) is 1. The summed E-state index contributed by atoms with van der Waals surface area (Å²) in [4.78, 5) is 0. The summed E-state index contributed by atoms with van der Waals surface area (Å²) in [5, 5.41) is 20.5. The van der Waals surface area contributed by atoms with Crippen molar-refractivity contribution in [2.45, 2.75) is 36.6 Å². The molecule has 0 fully saturated rings. The first-order valence-electron chi connectivity index (χ1n) is 7.80. The first kappa shape index (κ1) is 16.7. The standard InChI is InChI=1S/C19H20N2O2S/c1-19(2,3)24(23)18-16(17(22)13-9-5-4-6-10-13)14-11-7-8-12-15(14)20-21-18/h4-12,17,22H,1-3H3. The summed E-state index contributed by atoms with van der Waals surface area (Å²) < 4.78 is 12.5. The van der Waals surface area contributed by atoms with Gasteiger partial charge in [0.15, 0.2) is 5.03 Å². The van der Waals surface area contributed by atoms with Gasteiger partial charge in [0.25, 0.3) is 0 Å². The third-order valence-corrected chi connectivity index (χ3v) is 5.56. The van der Waals surface area contributed by atoms with Crippen molar-refractivity contribution < 1.29 is 9.32 Å². The fourth-order valence-electron chi connectivity index (χ4n) is 2.55. The predicted molar refractivity (Wildman–Crippen MR) is 96.2 cm³/mol. The number of aromatic nitrogens is 2. The van der Waals surface area contributed by atoms with E-state index in [0.29, 0.717) is 16.1 Å². The summed E-state index contributed by atoms with van der Waals surface area (Å²) in [7, 11) is -1.40. The second-order valence-corrected chi connectivity index (χ2v) is 8.78. The van der Waals surface area contributed by atoms with Crippen molar-refractivity contribution >= 4 is 21.7 Å². The molecule has 3 rings (SSSR count). The Morgan fingerprint density at radius 2 is 1.58 bits per heavy atom. The lowest BCUT2D eigenvalue weighted by Crippen LogP contribution is -2.25. The Kier molecular flexibility index (Phi) is 4.47. The van der Waals surface area contributed by atoms with Crippen LogP contribution in [0.1, 0.15) is 38.0 Å². The van der Waals surface area contributed by atoms with Gasteiger partial charge in [-0.2, -0.15) is 0 Å². The summed E-state index contributed by atoms with van der Waals surface area (Å²) in [6.07, 6.45) is -0.909. The minimum atomic E-state index is -1.40. The fourth-order valence-corrected chi connectivity index (χ4v) is 3.67. The van der Waals surface area contributed by atoms with Crippen LogP contribution in [0.4, 0.5) is 0 Å². The molecular weight excluding hydrogens is 320 g/mol. The molecule has 124 valence electrons. The second kappa shape index (κ2) is 6.42. The van der Waals surface area contributed by atoms with E-state index in [9.17, 15) is 9.32 Å². The molecule has 0 saturated carbocycles. The van der Waals surface area contributed by atoms with Crippen molar-refractivity contribution in [2.24, 2.45) is 0 Å². The molecule has 0 amide bonds. The van der Waals surface area contributed by atoms with Gasteiger partial charge in [0.2, 0.25) is 0 Å². The number of benzene rings is 2. The molecule has 1 heterocycles. The molecule has 0 bridgehead atoms. The average molecular weight is 340 g/mol. The van der Waals surface area contributed by atoms with E-state index in [4.69, 9.17) is 0 Å². The fraction of sp³-hybridized carbons (Fsp3) is 0.263. The van der Waals surface area contributed by atoms with Gasteiger partial charge in [0.1, 0.15) is 6.10 Å². The van der Waals surface area contributed by atoms with E-state index in [1.165, 1.54) is 0 Å². The van der Waals surface area contributed by atoms with E-state index < -0.39 is 21.7 Å². The second-order valence-electron chi connectivity index (χ2n) is 6.63. The van der Waals surface area contributed by atoms with Gasteiger partial charge >= 0.3 is 0 Å². The first-order chi connectivity index (χ1) is 11.4. The van der Waals surface area contributed by atoms with Crippen molar-refractivity contribution in [3.63, 3.8) is 0 Å². The molecule has 0 radical (unpaired) electrons. The van der Waals surface area contributed by atoms with Crippen LogP contribution in [0.2, 0.25) is 0 Å². The zero-order valence-electron chi connectivity index (χ0n) is 13.9. The topological polar surface area (TPSA) is 63.1 Å². The van der Waals surface area contributed by atoms with E-state index in [1.807, 2.05) is 75.4 Å². The van der Waals surface area contributed by atoms with Gasteiger partial charge in [0.05, 0.1) is 16.3 Å². The molecule has 0 aliphatic rings. The highest BCUT2D eigenvalue weighted by atomic mass is 32.2. The van der Waals surface area contributed by atoms with Gasteiger partial charge in [-0.3, -0.25) is 4.21 Å². The van der Waals surface area contributed by atoms with Gasteiger partial charge in [-0.05, 0) is 32.4 Å². The molecule has 0 aliphatic carbocycles. The lowest BCUT2D eigenvalue weighted by molar-refractivity contribution is 0.217. The molecule has 1 N–H and O–H groups in total. The zero-order valence-corrected chi connectivity index (χ0v) is 14.7. The van der Waals surface area contributed by atoms with Crippen LogP contribution in [0.3, 0.4) is 0 Å². The number of rotatable bonds is 3. The van der Waals surface area contributed by atoms with Gasteiger partial charge < -0.3 is 5.11 Å². The molecule has 0 spiro atoms. The molecule has 2 atom stereocenters. The van der Waals surface area contributed by atoms with Gasteiger partial charge in [-0.15, -0.1) is 10.2 Å². The lowest BCUT2D eigenvalue weighted by Gasteiger charge is -2.22. The van der Waals surface area contributed by atoms with Crippen molar-refractivity contribution in [1.82, 2.24) is 10.2 Å².